The van der Waals surface area contributed by atoms with Crippen molar-refractivity contribution in [3.63, 3.8) is 0 Å². The summed E-state index contributed by atoms with van der Waals surface area (Å²) in [4.78, 5) is 22.8. The molecule has 0 aliphatic rings. The zero-order chi connectivity index (χ0) is 26.2. The quantitative estimate of drug-likeness (QED) is 0.233. The van der Waals surface area contributed by atoms with Crippen LogP contribution in [0.1, 0.15) is 30.9 Å². The Morgan fingerprint density at radius 1 is 1.11 bits per heavy atom. The summed E-state index contributed by atoms with van der Waals surface area (Å²) in [6.45, 7) is 8.31. The highest BCUT2D eigenvalue weighted by molar-refractivity contribution is 6.34. The van der Waals surface area contributed by atoms with E-state index in [1.54, 1.807) is 12.1 Å². The van der Waals surface area contributed by atoms with Crippen LogP contribution in [0, 0.1) is 11.8 Å². The van der Waals surface area contributed by atoms with E-state index in [0.29, 0.717) is 45.3 Å². The lowest BCUT2D eigenvalue weighted by molar-refractivity contribution is -0.111. The third-order valence-corrected chi connectivity index (χ3v) is 5.58. The van der Waals surface area contributed by atoms with Crippen molar-refractivity contribution in [3.8, 4) is 11.8 Å². The molecule has 0 fully saturated rings. The number of hydrogen-bond acceptors (Lipinski definition) is 6. The molecule has 0 spiro atoms. The van der Waals surface area contributed by atoms with E-state index in [1.165, 1.54) is 12.3 Å². The first-order valence-corrected chi connectivity index (χ1v) is 12.0. The molecular weight excluding hydrogens is 495 g/mol. The molecule has 0 atom stereocenters. The first-order chi connectivity index (χ1) is 17.2. The number of para-hydroxylation sites is 1. The number of nitrogens with zero attached hydrogens (tertiary/aromatic N) is 3. The Hall–Kier alpha value is -3.57. The highest BCUT2D eigenvalue weighted by Gasteiger charge is 2.14. The van der Waals surface area contributed by atoms with Crippen molar-refractivity contribution in [1.29, 1.82) is 0 Å². The Kier molecular flexibility index (Phi) is 9.31. The molecule has 0 aliphatic heterocycles. The van der Waals surface area contributed by atoms with Gasteiger partial charge >= 0.3 is 0 Å². The minimum absolute atomic E-state index is 0.276. The van der Waals surface area contributed by atoms with Gasteiger partial charge in [-0.05, 0) is 49.9 Å². The van der Waals surface area contributed by atoms with Gasteiger partial charge in [0.25, 0.3) is 0 Å². The van der Waals surface area contributed by atoms with E-state index in [9.17, 15) is 4.79 Å². The number of rotatable bonds is 8. The third kappa shape index (κ3) is 7.22. The highest BCUT2D eigenvalue weighted by atomic mass is 35.5. The molecule has 3 rings (SSSR count). The molecule has 7 nitrogen and oxygen atoms in total. The molecule has 0 aliphatic carbocycles. The van der Waals surface area contributed by atoms with Crippen LogP contribution in [0.2, 0.25) is 10.0 Å². The molecule has 1 aromatic heterocycles. The summed E-state index contributed by atoms with van der Waals surface area (Å²) < 4.78 is 0. The number of halogens is 2. The maximum absolute atomic E-state index is 12.0. The summed E-state index contributed by atoms with van der Waals surface area (Å²) >= 11 is 12.9. The lowest BCUT2D eigenvalue weighted by Gasteiger charge is -2.16. The van der Waals surface area contributed by atoms with E-state index < -0.39 is 0 Å². The van der Waals surface area contributed by atoms with Gasteiger partial charge in [-0.15, -0.1) is 0 Å². The molecule has 9 heteroatoms. The number of hydrogen-bond donors (Lipinski definition) is 3. The number of carbonyl (C=O) groups excluding carboxylic acids is 1. The van der Waals surface area contributed by atoms with E-state index in [4.69, 9.17) is 23.2 Å². The summed E-state index contributed by atoms with van der Waals surface area (Å²) in [6, 6.07) is 11.3. The van der Waals surface area contributed by atoms with Crippen molar-refractivity contribution >= 4 is 57.9 Å². The molecular formula is C27H28Cl2N6O. The van der Waals surface area contributed by atoms with Crippen molar-refractivity contribution < 1.29 is 4.79 Å². The fourth-order valence-corrected chi connectivity index (χ4v) is 3.58. The predicted octanol–water partition coefficient (Wildman–Crippen LogP) is 6.43. The Morgan fingerprint density at radius 3 is 2.56 bits per heavy atom. The number of benzene rings is 2. The SMILES string of the molecule is C=CC(=O)Nc1cc(Nc2ncc(Cl)c(Nc3ccccc3C(C)C)n2)c(Cl)cc1C#CCN(C)C. The zero-order valence-corrected chi connectivity index (χ0v) is 22.1. The Labute approximate surface area is 221 Å². The van der Waals surface area contributed by atoms with Gasteiger partial charge < -0.3 is 16.0 Å². The molecule has 3 N–H and O–H groups in total. The second-order valence-corrected chi connectivity index (χ2v) is 9.31. The van der Waals surface area contributed by atoms with Crippen molar-refractivity contribution in [2.45, 2.75) is 19.8 Å². The van der Waals surface area contributed by atoms with Crippen LogP contribution in [-0.2, 0) is 4.79 Å². The van der Waals surface area contributed by atoms with E-state index in [-0.39, 0.29) is 11.9 Å². The average Bonchev–Trinajstić information content (AvgIpc) is 2.83. The second-order valence-electron chi connectivity index (χ2n) is 8.49. The molecule has 0 radical (unpaired) electrons. The van der Waals surface area contributed by atoms with Crippen LogP contribution in [-0.4, -0.2) is 41.4 Å². The fraction of sp³-hybridized carbons (Fsp3) is 0.222. The zero-order valence-electron chi connectivity index (χ0n) is 20.6. The van der Waals surface area contributed by atoms with Crippen molar-refractivity contribution in [2.24, 2.45) is 0 Å². The van der Waals surface area contributed by atoms with Gasteiger partial charge in [0.2, 0.25) is 11.9 Å². The normalized spacial score (nSPS) is 10.6. The first kappa shape index (κ1) is 27.0. The summed E-state index contributed by atoms with van der Waals surface area (Å²) in [5, 5.41) is 9.95. The maximum Gasteiger partial charge on any atom is 0.247 e. The molecule has 186 valence electrons. The van der Waals surface area contributed by atoms with Crippen LogP contribution in [0.5, 0.6) is 0 Å². The molecule has 0 saturated carbocycles. The van der Waals surface area contributed by atoms with Crippen LogP contribution in [0.25, 0.3) is 0 Å². The predicted molar refractivity (Wildman–Crippen MR) is 150 cm³/mol. The average molecular weight is 523 g/mol. The van der Waals surface area contributed by atoms with E-state index in [2.05, 4.69) is 64.3 Å². The van der Waals surface area contributed by atoms with Crippen molar-refractivity contribution in [1.82, 2.24) is 14.9 Å². The molecule has 1 heterocycles. The minimum atomic E-state index is -0.364. The van der Waals surface area contributed by atoms with E-state index in [0.717, 1.165) is 11.3 Å². The topological polar surface area (TPSA) is 82.2 Å². The van der Waals surface area contributed by atoms with Crippen LogP contribution in [0.4, 0.5) is 28.8 Å². The lowest BCUT2D eigenvalue weighted by atomic mass is 10.0. The molecule has 3 aromatic rings. The smallest absolute Gasteiger partial charge is 0.247 e. The van der Waals surface area contributed by atoms with Gasteiger partial charge in [-0.25, -0.2) is 4.98 Å². The molecule has 2 aromatic carbocycles. The monoisotopic (exact) mass is 522 g/mol. The van der Waals surface area contributed by atoms with E-state index >= 15 is 0 Å². The van der Waals surface area contributed by atoms with Gasteiger partial charge in [-0.3, -0.25) is 9.69 Å². The first-order valence-electron chi connectivity index (χ1n) is 11.2. The number of amides is 1. The van der Waals surface area contributed by atoms with Crippen LogP contribution < -0.4 is 16.0 Å². The fourth-order valence-electron chi connectivity index (χ4n) is 3.23. The number of anilines is 5. The minimum Gasteiger partial charge on any atom is -0.339 e. The number of carbonyl (C=O) groups is 1. The van der Waals surface area contributed by atoms with E-state index in [1.807, 2.05) is 37.2 Å². The van der Waals surface area contributed by atoms with Crippen molar-refractivity contribution in [2.75, 3.05) is 36.6 Å². The standard InChI is InChI=1S/C27H28Cl2N6O/c1-6-25(36)31-23-15-24(20(28)14-18(23)10-9-13-35(4)5)33-27-30-16-21(29)26(34-27)32-22-12-8-7-11-19(22)17(2)3/h6-8,11-12,14-17H,1,13H2,2-5H3,(H,31,36)(H2,30,32,33,34). The van der Waals surface area contributed by atoms with Gasteiger partial charge in [0, 0.05) is 11.3 Å². The lowest BCUT2D eigenvalue weighted by Crippen LogP contribution is -2.11. The molecule has 1 amide bonds. The number of aromatic nitrogens is 2. The molecule has 36 heavy (non-hydrogen) atoms. The van der Waals surface area contributed by atoms with Crippen LogP contribution in [0.3, 0.4) is 0 Å². The Balaban J connectivity index is 1.94. The molecule has 0 unspecified atom stereocenters. The largest absolute Gasteiger partial charge is 0.339 e. The summed E-state index contributed by atoms with van der Waals surface area (Å²) in [7, 11) is 3.84. The summed E-state index contributed by atoms with van der Waals surface area (Å²) in [5.41, 5.74) is 3.60. The number of nitrogens with one attached hydrogen (secondary N) is 3. The van der Waals surface area contributed by atoms with Crippen LogP contribution in [0.15, 0.2) is 55.3 Å². The maximum atomic E-state index is 12.0. The molecule has 0 bridgehead atoms. The third-order valence-electron chi connectivity index (χ3n) is 5.00. The highest BCUT2D eigenvalue weighted by Crippen LogP contribution is 2.33. The Bertz CT molecular complexity index is 1330. The van der Waals surface area contributed by atoms with Crippen molar-refractivity contribution in [3.05, 3.63) is 76.4 Å². The van der Waals surface area contributed by atoms with Gasteiger partial charge in [-0.2, -0.15) is 4.98 Å². The van der Waals surface area contributed by atoms with Gasteiger partial charge in [-0.1, -0.05) is 73.7 Å². The van der Waals surface area contributed by atoms with Crippen LogP contribution >= 0.6 is 23.2 Å². The van der Waals surface area contributed by atoms with Gasteiger partial charge in [0.05, 0.1) is 29.1 Å². The van der Waals surface area contributed by atoms with Gasteiger partial charge in [0.15, 0.2) is 5.82 Å². The van der Waals surface area contributed by atoms with Gasteiger partial charge in [0.1, 0.15) is 5.02 Å². The molecule has 0 saturated heterocycles. The summed E-state index contributed by atoms with van der Waals surface area (Å²) in [5.74, 6) is 6.78. The summed E-state index contributed by atoms with van der Waals surface area (Å²) in [6.07, 6.45) is 2.70. The Morgan fingerprint density at radius 2 is 1.86 bits per heavy atom. The second kappa shape index (κ2) is 12.4.